The monoisotopic (exact) mass is 575 g/mol. The molecule has 0 aliphatic rings. The van der Waals surface area contributed by atoms with Gasteiger partial charge in [-0.05, 0) is 48.7 Å². The summed E-state index contributed by atoms with van der Waals surface area (Å²) in [7, 11) is -4.22. The highest BCUT2D eigenvalue weighted by atomic mass is 35.5. The Hall–Kier alpha value is -3.07. The quantitative estimate of drug-likeness (QED) is 0.332. The van der Waals surface area contributed by atoms with Crippen molar-refractivity contribution in [3.8, 4) is 0 Å². The first kappa shape index (κ1) is 29.5. The number of rotatable bonds is 11. The minimum absolute atomic E-state index is 0.0128. The van der Waals surface area contributed by atoms with E-state index in [1.807, 2.05) is 44.2 Å². The number of hydrogen-bond acceptors (Lipinski definition) is 4. The fourth-order valence-corrected chi connectivity index (χ4v) is 5.61. The molecule has 0 spiro atoms. The summed E-state index contributed by atoms with van der Waals surface area (Å²) >= 11 is 12.6. The van der Waals surface area contributed by atoms with Crippen molar-refractivity contribution in [3.63, 3.8) is 0 Å². The number of anilines is 1. The first-order valence-corrected chi connectivity index (χ1v) is 14.3. The predicted octanol–water partition coefficient (Wildman–Crippen LogP) is 5.38. The first-order valence-electron chi connectivity index (χ1n) is 12.1. The molecular weight excluding hydrogens is 545 g/mol. The van der Waals surface area contributed by atoms with Gasteiger partial charge in [0.05, 0.1) is 15.6 Å². The summed E-state index contributed by atoms with van der Waals surface area (Å²) in [5, 5.41) is 3.22. The average Bonchev–Trinajstić information content (AvgIpc) is 2.91. The summed E-state index contributed by atoms with van der Waals surface area (Å²) in [5.41, 5.74) is 0.857. The van der Waals surface area contributed by atoms with Crippen molar-refractivity contribution in [2.24, 2.45) is 5.92 Å². The summed E-state index contributed by atoms with van der Waals surface area (Å²) in [6, 6.07) is 20.5. The van der Waals surface area contributed by atoms with Crippen LogP contribution in [0.15, 0.2) is 83.8 Å². The van der Waals surface area contributed by atoms with Crippen molar-refractivity contribution in [1.82, 2.24) is 10.2 Å². The fraction of sp³-hybridized carbons (Fsp3) is 0.286. The number of carbonyl (C=O) groups excluding carboxylic acids is 2. The molecule has 3 rings (SSSR count). The van der Waals surface area contributed by atoms with Crippen LogP contribution >= 0.6 is 23.2 Å². The third-order valence-corrected chi connectivity index (χ3v) is 8.16. The molecular formula is C28H31Cl2N3O4S. The first-order chi connectivity index (χ1) is 18.0. The van der Waals surface area contributed by atoms with Gasteiger partial charge in [0.15, 0.2) is 0 Å². The third-order valence-electron chi connectivity index (χ3n) is 5.83. The largest absolute Gasteiger partial charge is 0.354 e. The zero-order valence-electron chi connectivity index (χ0n) is 21.5. The minimum atomic E-state index is -4.22. The Morgan fingerprint density at radius 2 is 1.50 bits per heavy atom. The van der Waals surface area contributed by atoms with E-state index >= 15 is 0 Å². The highest BCUT2D eigenvalue weighted by Crippen LogP contribution is 2.33. The molecule has 3 aromatic rings. The van der Waals surface area contributed by atoms with Crippen LogP contribution < -0.4 is 9.62 Å². The van der Waals surface area contributed by atoms with E-state index in [0.29, 0.717) is 6.54 Å². The Kier molecular flexibility index (Phi) is 10.2. The van der Waals surface area contributed by atoms with Gasteiger partial charge in [-0.25, -0.2) is 8.42 Å². The molecule has 0 fully saturated rings. The molecule has 3 aromatic carbocycles. The van der Waals surface area contributed by atoms with Crippen molar-refractivity contribution in [2.75, 3.05) is 17.4 Å². The van der Waals surface area contributed by atoms with Crippen molar-refractivity contribution in [3.05, 3.63) is 94.5 Å². The van der Waals surface area contributed by atoms with Crippen molar-refractivity contribution < 1.29 is 18.0 Å². The van der Waals surface area contributed by atoms with Gasteiger partial charge >= 0.3 is 0 Å². The van der Waals surface area contributed by atoms with Crippen molar-refractivity contribution in [2.45, 2.75) is 38.3 Å². The van der Waals surface area contributed by atoms with E-state index in [0.717, 1.165) is 9.87 Å². The Balaban J connectivity index is 2.03. The van der Waals surface area contributed by atoms with Gasteiger partial charge in [-0.15, -0.1) is 0 Å². The predicted molar refractivity (Wildman–Crippen MR) is 152 cm³/mol. The summed E-state index contributed by atoms with van der Waals surface area (Å²) in [6.45, 7) is 5.53. The lowest BCUT2D eigenvalue weighted by atomic mass is 10.1. The standard InChI is InChI=1S/C28H31Cl2N3O4S/c1-20(2)17-31-28(35)21(3)32(18-22-10-6-4-7-11-22)27(34)19-33(26-16-23(29)14-15-25(26)30)38(36,37)24-12-8-5-9-13-24/h4-16,20-21H,17-19H2,1-3H3,(H,31,35)/t21-/m0/s1. The minimum Gasteiger partial charge on any atom is -0.354 e. The molecule has 0 bridgehead atoms. The molecule has 2 amide bonds. The van der Waals surface area contributed by atoms with Crippen LogP contribution in [0.3, 0.4) is 0 Å². The number of halogens is 2. The second-order valence-corrected chi connectivity index (χ2v) is 11.9. The Morgan fingerprint density at radius 1 is 0.895 bits per heavy atom. The molecule has 0 aliphatic carbocycles. The molecule has 0 radical (unpaired) electrons. The molecule has 7 nitrogen and oxygen atoms in total. The maximum absolute atomic E-state index is 13.9. The van der Waals surface area contributed by atoms with Crippen LogP contribution in [0.1, 0.15) is 26.3 Å². The molecule has 0 heterocycles. The van der Waals surface area contributed by atoms with Crippen LogP contribution in [0.5, 0.6) is 0 Å². The number of benzene rings is 3. The summed E-state index contributed by atoms with van der Waals surface area (Å²) < 4.78 is 28.5. The third kappa shape index (κ3) is 7.49. The molecule has 0 saturated carbocycles. The van der Waals surface area contributed by atoms with Gasteiger partial charge in [0.25, 0.3) is 10.0 Å². The summed E-state index contributed by atoms with van der Waals surface area (Å²) in [5.74, 6) is -0.682. The smallest absolute Gasteiger partial charge is 0.264 e. The number of nitrogens with zero attached hydrogens (tertiary/aromatic N) is 2. The van der Waals surface area contributed by atoms with E-state index in [2.05, 4.69) is 5.32 Å². The van der Waals surface area contributed by atoms with E-state index in [-0.39, 0.29) is 39.0 Å². The molecule has 0 unspecified atom stereocenters. The molecule has 0 aliphatic heterocycles. The number of sulfonamides is 1. The van der Waals surface area contributed by atoms with Crippen LogP contribution in [0.25, 0.3) is 0 Å². The maximum Gasteiger partial charge on any atom is 0.264 e. The number of amides is 2. The average molecular weight is 577 g/mol. The Bertz CT molecular complexity index is 1350. The fourth-order valence-electron chi connectivity index (χ4n) is 3.73. The zero-order chi connectivity index (χ0) is 27.9. The van der Waals surface area contributed by atoms with E-state index in [4.69, 9.17) is 23.2 Å². The van der Waals surface area contributed by atoms with E-state index in [1.54, 1.807) is 25.1 Å². The lowest BCUT2D eigenvalue weighted by Crippen LogP contribution is -2.51. The van der Waals surface area contributed by atoms with E-state index < -0.39 is 28.5 Å². The van der Waals surface area contributed by atoms with Gasteiger partial charge in [-0.1, -0.05) is 85.6 Å². The molecule has 1 N–H and O–H groups in total. The van der Waals surface area contributed by atoms with Gasteiger partial charge in [-0.3, -0.25) is 13.9 Å². The normalized spacial score (nSPS) is 12.2. The van der Waals surface area contributed by atoms with Crippen LogP contribution in [-0.2, 0) is 26.2 Å². The summed E-state index contributed by atoms with van der Waals surface area (Å²) in [4.78, 5) is 28.2. The molecule has 38 heavy (non-hydrogen) atoms. The van der Waals surface area contributed by atoms with Crippen LogP contribution in [0.4, 0.5) is 5.69 Å². The lowest BCUT2D eigenvalue weighted by molar-refractivity contribution is -0.139. The number of carbonyl (C=O) groups is 2. The Morgan fingerprint density at radius 3 is 2.11 bits per heavy atom. The Labute approximate surface area is 234 Å². The number of nitrogens with one attached hydrogen (secondary N) is 1. The summed E-state index contributed by atoms with van der Waals surface area (Å²) in [6.07, 6.45) is 0. The van der Waals surface area contributed by atoms with Crippen molar-refractivity contribution in [1.29, 1.82) is 0 Å². The lowest BCUT2D eigenvalue weighted by Gasteiger charge is -2.32. The molecule has 0 saturated heterocycles. The topological polar surface area (TPSA) is 86.8 Å². The van der Waals surface area contributed by atoms with Crippen LogP contribution in [0.2, 0.25) is 10.0 Å². The SMILES string of the molecule is CC(C)CNC(=O)[C@H](C)N(Cc1ccccc1)C(=O)CN(c1cc(Cl)ccc1Cl)S(=O)(=O)c1ccccc1. The van der Waals surface area contributed by atoms with Gasteiger partial charge < -0.3 is 10.2 Å². The van der Waals surface area contributed by atoms with E-state index in [1.165, 1.54) is 35.2 Å². The van der Waals surface area contributed by atoms with Gasteiger partial charge in [0, 0.05) is 18.1 Å². The van der Waals surface area contributed by atoms with Crippen molar-refractivity contribution >= 4 is 50.7 Å². The maximum atomic E-state index is 13.9. The molecule has 0 aromatic heterocycles. The highest BCUT2D eigenvalue weighted by Gasteiger charge is 2.33. The zero-order valence-corrected chi connectivity index (χ0v) is 23.8. The second-order valence-electron chi connectivity index (χ2n) is 9.24. The number of hydrogen-bond donors (Lipinski definition) is 1. The van der Waals surface area contributed by atoms with Gasteiger partial charge in [-0.2, -0.15) is 0 Å². The van der Waals surface area contributed by atoms with Crippen LogP contribution in [-0.4, -0.2) is 44.3 Å². The molecule has 1 atom stereocenters. The van der Waals surface area contributed by atoms with Gasteiger partial charge in [0.2, 0.25) is 11.8 Å². The van der Waals surface area contributed by atoms with Gasteiger partial charge in [0.1, 0.15) is 12.6 Å². The van der Waals surface area contributed by atoms with E-state index in [9.17, 15) is 18.0 Å². The van der Waals surface area contributed by atoms with Crippen LogP contribution in [0, 0.1) is 5.92 Å². The molecule has 10 heteroatoms. The molecule has 202 valence electrons. The highest BCUT2D eigenvalue weighted by molar-refractivity contribution is 7.92. The second kappa shape index (κ2) is 13.1.